The zero-order valence-electron chi connectivity index (χ0n) is 10.7. The van der Waals surface area contributed by atoms with Crippen LogP contribution >= 0.6 is 11.3 Å². The standard InChI is InChI=1S/C14H16O5S/c15-10-6-14(19,13(17)18)9-5-8(4-3-7-1-2-7)20-12(9)11(10)16/h3-5,7,10-11,15-16,19H,1-2,6H2,(H,17,18)/b4-3+/t10-,11+,14-/m1/s1. The molecule has 0 saturated heterocycles. The molecule has 0 aliphatic heterocycles. The number of aliphatic hydroxyl groups excluding tert-OH is 2. The molecule has 0 bridgehead atoms. The highest BCUT2D eigenvalue weighted by molar-refractivity contribution is 7.13. The van der Waals surface area contributed by atoms with Crippen molar-refractivity contribution in [3.8, 4) is 0 Å². The predicted octanol–water partition coefficient (Wildman–Crippen LogP) is 1.24. The van der Waals surface area contributed by atoms with Crippen LogP contribution in [0.2, 0.25) is 0 Å². The maximum Gasteiger partial charge on any atom is 0.340 e. The van der Waals surface area contributed by atoms with Gasteiger partial charge in [-0.3, -0.25) is 0 Å². The molecule has 2 aliphatic rings. The van der Waals surface area contributed by atoms with Gasteiger partial charge in [0.15, 0.2) is 5.60 Å². The van der Waals surface area contributed by atoms with Gasteiger partial charge >= 0.3 is 5.97 Å². The van der Waals surface area contributed by atoms with E-state index in [4.69, 9.17) is 0 Å². The van der Waals surface area contributed by atoms with Gasteiger partial charge in [-0.15, -0.1) is 11.3 Å². The predicted molar refractivity (Wildman–Crippen MR) is 73.2 cm³/mol. The van der Waals surface area contributed by atoms with Gasteiger partial charge in [0.25, 0.3) is 0 Å². The first-order valence-electron chi connectivity index (χ1n) is 6.56. The fourth-order valence-electron chi connectivity index (χ4n) is 2.47. The third-order valence-corrected chi connectivity index (χ3v) is 5.04. The number of fused-ring (bicyclic) bond motifs is 1. The summed E-state index contributed by atoms with van der Waals surface area (Å²) in [6.07, 6.45) is 3.46. The third kappa shape index (κ3) is 2.18. The van der Waals surface area contributed by atoms with Gasteiger partial charge in [0, 0.05) is 21.7 Å². The van der Waals surface area contributed by atoms with Gasteiger partial charge in [-0.25, -0.2) is 4.79 Å². The maximum atomic E-state index is 11.3. The van der Waals surface area contributed by atoms with Crippen molar-refractivity contribution in [1.82, 2.24) is 0 Å². The Bertz CT molecular complexity index is 574. The summed E-state index contributed by atoms with van der Waals surface area (Å²) in [6, 6.07) is 1.60. The fraction of sp³-hybridized carbons (Fsp3) is 0.500. The van der Waals surface area contributed by atoms with Crippen LogP contribution in [0.1, 0.15) is 40.7 Å². The molecule has 1 heterocycles. The molecule has 6 heteroatoms. The summed E-state index contributed by atoms with van der Waals surface area (Å²) in [5, 5.41) is 39.3. The first-order valence-corrected chi connectivity index (χ1v) is 7.38. The molecular formula is C14H16O5S. The van der Waals surface area contributed by atoms with Gasteiger partial charge in [0.05, 0.1) is 6.10 Å². The summed E-state index contributed by atoms with van der Waals surface area (Å²) >= 11 is 1.22. The molecule has 0 radical (unpaired) electrons. The second-order valence-corrected chi connectivity index (χ2v) is 6.62. The number of aliphatic carboxylic acids is 1. The second-order valence-electron chi connectivity index (χ2n) is 5.50. The van der Waals surface area contributed by atoms with E-state index in [0.29, 0.717) is 10.8 Å². The number of hydrogen-bond acceptors (Lipinski definition) is 5. The van der Waals surface area contributed by atoms with Crippen molar-refractivity contribution in [2.24, 2.45) is 5.92 Å². The van der Waals surface area contributed by atoms with E-state index >= 15 is 0 Å². The lowest BCUT2D eigenvalue weighted by Gasteiger charge is -2.34. The first-order chi connectivity index (χ1) is 9.41. The molecule has 20 heavy (non-hydrogen) atoms. The van der Waals surface area contributed by atoms with E-state index in [0.717, 1.165) is 4.88 Å². The van der Waals surface area contributed by atoms with Crippen LogP contribution in [-0.4, -0.2) is 32.5 Å². The highest BCUT2D eigenvalue weighted by Gasteiger charge is 2.49. The van der Waals surface area contributed by atoms with E-state index in [9.17, 15) is 25.2 Å². The number of hydrogen-bond donors (Lipinski definition) is 4. The average Bonchev–Trinajstić information content (AvgIpc) is 3.11. The molecule has 0 spiro atoms. The number of allylic oxidation sites excluding steroid dienone is 1. The lowest BCUT2D eigenvalue weighted by Crippen LogP contribution is -2.44. The molecule has 1 aromatic heterocycles. The molecule has 0 unspecified atom stereocenters. The van der Waals surface area contributed by atoms with Crippen LogP contribution in [0.25, 0.3) is 6.08 Å². The molecule has 0 aromatic carbocycles. The summed E-state index contributed by atoms with van der Waals surface area (Å²) in [7, 11) is 0. The van der Waals surface area contributed by atoms with Gasteiger partial charge in [-0.05, 0) is 30.9 Å². The summed E-state index contributed by atoms with van der Waals surface area (Å²) < 4.78 is 0. The minimum atomic E-state index is -2.13. The van der Waals surface area contributed by atoms with Crippen LogP contribution in [0.3, 0.4) is 0 Å². The summed E-state index contributed by atoms with van der Waals surface area (Å²) in [6.45, 7) is 0. The van der Waals surface area contributed by atoms with Crippen molar-refractivity contribution >= 4 is 23.4 Å². The van der Waals surface area contributed by atoms with Gasteiger partial charge < -0.3 is 20.4 Å². The Hall–Kier alpha value is -1.21. The van der Waals surface area contributed by atoms with Crippen molar-refractivity contribution in [1.29, 1.82) is 0 Å². The number of aliphatic hydroxyl groups is 3. The van der Waals surface area contributed by atoms with Crippen LogP contribution in [0, 0.1) is 5.92 Å². The Kier molecular flexibility index (Phi) is 3.21. The van der Waals surface area contributed by atoms with Crippen LogP contribution in [0.15, 0.2) is 12.1 Å². The van der Waals surface area contributed by atoms with Crippen LogP contribution in [0.5, 0.6) is 0 Å². The van der Waals surface area contributed by atoms with Gasteiger partial charge in [0.1, 0.15) is 6.10 Å². The van der Waals surface area contributed by atoms with Crippen LogP contribution in [0.4, 0.5) is 0 Å². The highest BCUT2D eigenvalue weighted by atomic mass is 32.1. The van der Waals surface area contributed by atoms with Crippen molar-refractivity contribution < 1.29 is 25.2 Å². The Morgan fingerprint density at radius 1 is 1.40 bits per heavy atom. The number of carboxylic acid groups (broad SMARTS) is 1. The van der Waals surface area contributed by atoms with E-state index in [1.54, 1.807) is 6.07 Å². The van der Waals surface area contributed by atoms with Gasteiger partial charge in [-0.1, -0.05) is 6.08 Å². The number of carbonyl (C=O) groups is 1. The number of rotatable bonds is 3. The fourth-order valence-corrected chi connectivity index (χ4v) is 3.66. The van der Waals surface area contributed by atoms with Crippen molar-refractivity contribution in [3.63, 3.8) is 0 Å². The van der Waals surface area contributed by atoms with Crippen molar-refractivity contribution in [2.45, 2.75) is 37.1 Å². The van der Waals surface area contributed by atoms with E-state index in [2.05, 4.69) is 6.08 Å². The lowest BCUT2D eigenvalue weighted by molar-refractivity contribution is -0.168. The van der Waals surface area contributed by atoms with Gasteiger partial charge in [-0.2, -0.15) is 0 Å². The SMILES string of the molecule is O=C(O)[C@@]1(O)C[C@@H](O)[C@H](O)c2sc(/C=C/C3CC3)cc21. The Morgan fingerprint density at radius 2 is 2.10 bits per heavy atom. The van der Waals surface area contributed by atoms with Crippen LogP contribution < -0.4 is 0 Å². The molecule has 1 aromatic rings. The first kappa shape index (κ1) is 13.8. The van der Waals surface area contributed by atoms with Crippen molar-refractivity contribution in [2.75, 3.05) is 0 Å². The average molecular weight is 296 g/mol. The molecule has 4 N–H and O–H groups in total. The highest BCUT2D eigenvalue weighted by Crippen LogP contribution is 2.45. The topological polar surface area (TPSA) is 98.0 Å². The normalized spacial score (nSPS) is 33.4. The Balaban J connectivity index is 2.02. The zero-order chi connectivity index (χ0) is 14.5. The van der Waals surface area contributed by atoms with E-state index < -0.39 is 30.2 Å². The number of carboxylic acids is 1. The molecule has 3 rings (SSSR count). The molecule has 0 amide bonds. The van der Waals surface area contributed by atoms with Crippen molar-refractivity contribution in [3.05, 3.63) is 27.5 Å². The van der Waals surface area contributed by atoms with E-state index in [-0.39, 0.29) is 5.56 Å². The largest absolute Gasteiger partial charge is 0.479 e. The smallest absolute Gasteiger partial charge is 0.340 e. The molecule has 1 saturated carbocycles. The minimum Gasteiger partial charge on any atom is -0.479 e. The molecule has 2 aliphatic carbocycles. The molecule has 1 fully saturated rings. The molecule has 108 valence electrons. The monoisotopic (exact) mass is 296 g/mol. The lowest BCUT2D eigenvalue weighted by atomic mass is 9.80. The Morgan fingerprint density at radius 3 is 2.70 bits per heavy atom. The third-order valence-electron chi connectivity index (χ3n) is 3.87. The molecule has 5 nitrogen and oxygen atoms in total. The van der Waals surface area contributed by atoms with Gasteiger partial charge in [0.2, 0.25) is 0 Å². The minimum absolute atomic E-state index is 0.197. The Labute approximate surface area is 119 Å². The quantitative estimate of drug-likeness (QED) is 0.673. The second kappa shape index (κ2) is 4.66. The maximum absolute atomic E-state index is 11.3. The molecular weight excluding hydrogens is 280 g/mol. The zero-order valence-corrected chi connectivity index (χ0v) is 11.5. The molecule has 3 atom stereocenters. The number of thiophene rings is 1. The summed E-state index contributed by atoms with van der Waals surface area (Å²) in [4.78, 5) is 12.4. The summed E-state index contributed by atoms with van der Waals surface area (Å²) in [5.74, 6) is -0.816. The van der Waals surface area contributed by atoms with E-state index in [1.165, 1.54) is 24.2 Å². The summed E-state index contributed by atoms with van der Waals surface area (Å²) in [5.41, 5.74) is -1.93. The van der Waals surface area contributed by atoms with E-state index in [1.807, 2.05) is 6.08 Å². The van der Waals surface area contributed by atoms with Crippen LogP contribution in [-0.2, 0) is 10.4 Å².